The quantitative estimate of drug-likeness (QED) is 0.476. The molecule has 0 bridgehead atoms. The van der Waals surface area contributed by atoms with Gasteiger partial charge in [-0.3, -0.25) is 9.36 Å². The number of nitrogen functional groups attached to an aromatic ring is 1. The summed E-state index contributed by atoms with van der Waals surface area (Å²) in [4.78, 5) is 25.4. The van der Waals surface area contributed by atoms with Crippen molar-refractivity contribution >= 4 is 23.0 Å². The van der Waals surface area contributed by atoms with Crippen LogP contribution in [0.15, 0.2) is 24.3 Å². The van der Waals surface area contributed by atoms with Crippen LogP contribution < -0.4 is 5.73 Å². The maximum absolute atomic E-state index is 13.9. The number of benzene rings is 1. The highest BCUT2D eigenvalue weighted by atomic mass is 19.1. The SMILES string of the molecule is CCOC(=O)Cn1c(-c2cccc(F)c2)nc2c(N)nc(C#CC3(O)CCCCC3)nc21. The number of nitrogens with zero attached hydrogens (tertiary/aromatic N) is 4. The molecule has 0 aliphatic heterocycles. The topological polar surface area (TPSA) is 116 Å². The number of halogens is 1. The molecule has 1 fully saturated rings. The summed E-state index contributed by atoms with van der Waals surface area (Å²) in [5.41, 5.74) is 6.07. The smallest absolute Gasteiger partial charge is 0.326 e. The summed E-state index contributed by atoms with van der Waals surface area (Å²) in [6.45, 7) is 1.73. The van der Waals surface area contributed by atoms with E-state index in [9.17, 15) is 14.3 Å². The lowest BCUT2D eigenvalue weighted by Crippen LogP contribution is -2.29. The number of carbonyl (C=O) groups excluding carboxylic acids is 1. The highest BCUT2D eigenvalue weighted by Gasteiger charge is 2.27. The van der Waals surface area contributed by atoms with E-state index >= 15 is 0 Å². The van der Waals surface area contributed by atoms with Crippen LogP contribution in [0.5, 0.6) is 0 Å². The molecule has 0 atom stereocenters. The molecule has 0 spiro atoms. The molecule has 0 amide bonds. The fourth-order valence-electron chi connectivity index (χ4n) is 3.85. The summed E-state index contributed by atoms with van der Waals surface area (Å²) in [6.07, 6.45) is 4.10. The Kier molecular flexibility index (Phi) is 6.06. The van der Waals surface area contributed by atoms with Crippen LogP contribution in [-0.2, 0) is 16.1 Å². The van der Waals surface area contributed by atoms with Crippen LogP contribution in [0.4, 0.5) is 10.2 Å². The highest BCUT2D eigenvalue weighted by molar-refractivity contribution is 5.87. The molecule has 2 heterocycles. The number of ether oxygens (including phenoxy) is 1. The second-order valence-electron chi connectivity index (χ2n) is 7.78. The van der Waals surface area contributed by atoms with Crippen LogP contribution in [0.3, 0.4) is 0 Å². The molecule has 166 valence electrons. The first kappa shape index (κ1) is 21.7. The number of aromatic nitrogens is 4. The largest absolute Gasteiger partial charge is 0.465 e. The van der Waals surface area contributed by atoms with Crippen LogP contribution in [0.25, 0.3) is 22.6 Å². The van der Waals surface area contributed by atoms with E-state index in [1.807, 2.05) is 0 Å². The first-order valence-corrected chi connectivity index (χ1v) is 10.6. The molecule has 1 saturated carbocycles. The van der Waals surface area contributed by atoms with Gasteiger partial charge in [-0.15, -0.1) is 0 Å². The summed E-state index contributed by atoms with van der Waals surface area (Å²) in [7, 11) is 0. The summed E-state index contributed by atoms with van der Waals surface area (Å²) >= 11 is 0. The van der Waals surface area contributed by atoms with Crippen LogP contribution in [0.2, 0.25) is 0 Å². The van der Waals surface area contributed by atoms with E-state index in [-0.39, 0.29) is 36.0 Å². The first-order valence-electron chi connectivity index (χ1n) is 10.6. The van der Waals surface area contributed by atoms with Gasteiger partial charge in [-0.1, -0.05) is 24.5 Å². The zero-order valence-corrected chi connectivity index (χ0v) is 17.8. The molecule has 32 heavy (non-hydrogen) atoms. The van der Waals surface area contributed by atoms with Crippen molar-refractivity contribution in [2.24, 2.45) is 0 Å². The fraction of sp³-hybridized carbons (Fsp3) is 0.391. The molecular weight excluding hydrogens is 413 g/mol. The summed E-state index contributed by atoms with van der Waals surface area (Å²) < 4.78 is 20.5. The standard InChI is InChI=1S/C23H24FN5O3/c1-2-32-18(30)14-29-21(15-7-6-8-16(24)13-15)28-19-20(25)26-17(27-22(19)29)9-12-23(31)10-4-3-5-11-23/h6-8,13,31H,2-5,10-11,14H2,1H3,(H2,25,26,27). The van der Waals surface area contributed by atoms with Crippen molar-refractivity contribution in [1.82, 2.24) is 19.5 Å². The van der Waals surface area contributed by atoms with Crippen LogP contribution in [0, 0.1) is 17.7 Å². The number of aliphatic hydroxyl groups is 1. The normalized spacial score (nSPS) is 15.2. The second-order valence-corrected chi connectivity index (χ2v) is 7.78. The number of hydrogen-bond donors (Lipinski definition) is 2. The number of fused-ring (bicyclic) bond motifs is 1. The van der Waals surface area contributed by atoms with Gasteiger partial charge in [0.1, 0.15) is 23.8 Å². The van der Waals surface area contributed by atoms with E-state index in [1.165, 1.54) is 16.7 Å². The van der Waals surface area contributed by atoms with Crippen LogP contribution >= 0.6 is 0 Å². The lowest BCUT2D eigenvalue weighted by molar-refractivity contribution is -0.143. The third-order valence-corrected chi connectivity index (χ3v) is 5.38. The van der Waals surface area contributed by atoms with E-state index in [1.54, 1.807) is 19.1 Å². The highest BCUT2D eigenvalue weighted by Crippen LogP contribution is 2.28. The Morgan fingerprint density at radius 3 is 2.78 bits per heavy atom. The van der Waals surface area contributed by atoms with E-state index in [2.05, 4.69) is 26.8 Å². The molecule has 4 rings (SSSR count). The van der Waals surface area contributed by atoms with E-state index in [0.717, 1.165) is 19.3 Å². The van der Waals surface area contributed by atoms with Crippen molar-refractivity contribution in [3.05, 3.63) is 35.9 Å². The Morgan fingerprint density at radius 1 is 1.28 bits per heavy atom. The van der Waals surface area contributed by atoms with Crippen LogP contribution in [-0.4, -0.2) is 42.8 Å². The Morgan fingerprint density at radius 2 is 2.06 bits per heavy atom. The minimum atomic E-state index is -1.07. The fourth-order valence-corrected chi connectivity index (χ4v) is 3.85. The minimum absolute atomic E-state index is 0.0789. The number of nitrogens with two attached hydrogens (primary N) is 1. The molecule has 8 nitrogen and oxygen atoms in total. The van der Waals surface area contributed by atoms with Gasteiger partial charge in [0, 0.05) is 5.56 Å². The lowest BCUT2D eigenvalue weighted by atomic mass is 9.85. The second kappa shape index (κ2) is 8.93. The van der Waals surface area contributed by atoms with E-state index in [4.69, 9.17) is 10.5 Å². The van der Waals surface area contributed by atoms with Crippen molar-refractivity contribution < 1.29 is 19.0 Å². The average molecular weight is 437 g/mol. The van der Waals surface area contributed by atoms with Gasteiger partial charge in [-0.05, 0) is 50.7 Å². The molecule has 1 aliphatic carbocycles. The molecule has 0 radical (unpaired) electrons. The zero-order valence-electron chi connectivity index (χ0n) is 17.8. The Labute approximate surface area is 184 Å². The monoisotopic (exact) mass is 437 g/mol. The van der Waals surface area contributed by atoms with Gasteiger partial charge in [0.25, 0.3) is 0 Å². The summed E-state index contributed by atoms with van der Waals surface area (Å²) in [5.74, 6) is 5.29. The first-order chi connectivity index (χ1) is 15.4. The Hall–Kier alpha value is -3.51. The lowest BCUT2D eigenvalue weighted by Gasteiger charge is -2.26. The maximum atomic E-state index is 13.9. The molecule has 9 heteroatoms. The number of anilines is 1. The summed E-state index contributed by atoms with van der Waals surface area (Å²) in [5, 5.41) is 10.7. The van der Waals surface area contributed by atoms with Crippen molar-refractivity contribution in [1.29, 1.82) is 0 Å². The van der Waals surface area contributed by atoms with Gasteiger partial charge < -0.3 is 15.6 Å². The molecule has 1 aliphatic rings. The molecule has 2 aromatic heterocycles. The number of hydrogen-bond acceptors (Lipinski definition) is 7. The van der Waals surface area contributed by atoms with Gasteiger partial charge in [0.2, 0.25) is 5.82 Å². The van der Waals surface area contributed by atoms with Crippen LogP contribution in [0.1, 0.15) is 44.9 Å². The number of rotatable bonds is 4. The van der Waals surface area contributed by atoms with E-state index in [0.29, 0.717) is 24.2 Å². The molecule has 1 aromatic carbocycles. The molecule has 3 N–H and O–H groups in total. The maximum Gasteiger partial charge on any atom is 0.326 e. The third-order valence-electron chi connectivity index (χ3n) is 5.38. The van der Waals surface area contributed by atoms with Gasteiger partial charge in [-0.2, -0.15) is 0 Å². The predicted molar refractivity (Wildman–Crippen MR) is 117 cm³/mol. The number of imidazole rings is 1. The van der Waals surface area contributed by atoms with Gasteiger partial charge >= 0.3 is 5.97 Å². The number of carbonyl (C=O) groups is 1. The van der Waals surface area contributed by atoms with Crippen molar-refractivity contribution in [2.45, 2.75) is 51.2 Å². The van der Waals surface area contributed by atoms with Gasteiger partial charge in [0.05, 0.1) is 6.61 Å². The average Bonchev–Trinajstić information content (AvgIpc) is 3.12. The predicted octanol–water partition coefficient (Wildman–Crippen LogP) is 2.82. The number of esters is 1. The third kappa shape index (κ3) is 4.55. The Balaban J connectivity index is 1.83. The van der Waals surface area contributed by atoms with Crippen molar-refractivity contribution in [3.8, 4) is 23.2 Å². The van der Waals surface area contributed by atoms with E-state index < -0.39 is 17.4 Å². The molecular formula is C23H24FN5O3. The summed E-state index contributed by atoms with van der Waals surface area (Å²) in [6, 6.07) is 5.86. The van der Waals surface area contributed by atoms with Crippen molar-refractivity contribution in [2.75, 3.05) is 12.3 Å². The minimum Gasteiger partial charge on any atom is -0.465 e. The molecule has 0 unspecified atom stereocenters. The zero-order chi connectivity index (χ0) is 22.7. The van der Waals surface area contributed by atoms with Gasteiger partial charge in [-0.25, -0.2) is 19.3 Å². The van der Waals surface area contributed by atoms with Crippen molar-refractivity contribution in [3.63, 3.8) is 0 Å². The Bertz CT molecular complexity index is 1220. The molecule has 0 saturated heterocycles. The molecule has 3 aromatic rings. The van der Waals surface area contributed by atoms with Gasteiger partial charge in [0.15, 0.2) is 17.0 Å².